The van der Waals surface area contributed by atoms with E-state index in [9.17, 15) is 4.79 Å². The van der Waals surface area contributed by atoms with Crippen LogP contribution in [0.4, 0.5) is 5.13 Å². The molecule has 28 heavy (non-hydrogen) atoms. The second kappa shape index (κ2) is 8.15. The highest BCUT2D eigenvalue weighted by Crippen LogP contribution is 2.31. The summed E-state index contributed by atoms with van der Waals surface area (Å²) in [7, 11) is 0. The van der Waals surface area contributed by atoms with Crippen molar-refractivity contribution in [2.45, 2.75) is 0 Å². The first-order chi connectivity index (χ1) is 13.6. The summed E-state index contributed by atoms with van der Waals surface area (Å²) < 4.78 is 0. The normalized spacial score (nSPS) is 11.2. The number of halogens is 2. The number of carbonyl (C=O) groups excluding carboxylic acids is 1. The van der Waals surface area contributed by atoms with Crippen LogP contribution in [0.15, 0.2) is 72.1 Å². The molecule has 138 valence electrons. The van der Waals surface area contributed by atoms with E-state index in [0.29, 0.717) is 20.7 Å². The standard InChI is InChI=1S/C22H14Cl2N2OS/c23-18-9-4-10-19(24)17(18)11-12-21(27)26-22-25-20(13-28-22)16-8-3-6-14-5-1-2-7-15(14)16/h1-13H,(H,25,26,27)/b12-11+. The highest BCUT2D eigenvalue weighted by molar-refractivity contribution is 7.14. The molecule has 1 amide bonds. The van der Waals surface area contributed by atoms with E-state index in [0.717, 1.165) is 22.0 Å². The van der Waals surface area contributed by atoms with Crippen molar-refractivity contribution < 1.29 is 4.79 Å². The Hall–Kier alpha value is -2.66. The van der Waals surface area contributed by atoms with Crippen molar-refractivity contribution in [2.75, 3.05) is 5.32 Å². The first-order valence-corrected chi connectivity index (χ1v) is 10.1. The Bertz CT molecular complexity index is 1170. The van der Waals surface area contributed by atoms with Gasteiger partial charge in [0.25, 0.3) is 0 Å². The molecule has 1 N–H and O–H groups in total. The second-order valence-electron chi connectivity index (χ2n) is 6.02. The minimum Gasteiger partial charge on any atom is -0.298 e. The number of anilines is 1. The van der Waals surface area contributed by atoms with Crippen LogP contribution in [0.3, 0.4) is 0 Å². The molecule has 0 atom stereocenters. The molecule has 0 aliphatic heterocycles. The molecule has 0 fully saturated rings. The summed E-state index contributed by atoms with van der Waals surface area (Å²) in [6.45, 7) is 0. The topological polar surface area (TPSA) is 42.0 Å². The van der Waals surface area contributed by atoms with Gasteiger partial charge >= 0.3 is 0 Å². The molecule has 3 aromatic carbocycles. The smallest absolute Gasteiger partial charge is 0.250 e. The number of hydrogen-bond donors (Lipinski definition) is 1. The summed E-state index contributed by atoms with van der Waals surface area (Å²) in [6, 6.07) is 19.5. The van der Waals surface area contributed by atoms with Crippen LogP contribution in [-0.2, 0) is 4.79 Å². The summed E-state index contributed by atoms with van der Waals surface area (Å²) in [4.78, 5) is 16.8. The summed E-state index contributed by atoms with van der Waals surface area (Å²) in [5, 5.41) is 8.51. The second-order valence-corrected chi connectivity index (χ2v) is 7.70. The van der Waals surface area contributed by atoms with Crippen LogP contribution in [-0.4, -0.2) is 10.9 Å². The number of aromatic nitrogens is 1. The van der Waals surface area contributed by atoms with Gasteiger partial charge in [0.05, 0.1) is 5.69 Å². The van der Waals surface area contributed by atoms with Gasteiger partial charge in [0.15, 0.2) is 5.13 Å². The Labute approximate surface area is 176 Å². The number of amides is 1. The molecule has 0 unspecified atom stereocenters. The number of nitrogens with zero attached hydrogens (tertiary/aromatic N) is 1. The van der Waals surface area contributed by atoms with E-state index in [-0.39, 0.29) is 5.91 Å². The molecule has 0 bridgehead atoms. The highest BCUT2D eigenvalue weighted by atomic mass is 35.5. The molecule has 4 aromatic rings. The van der Waals surface area contributed by atoms with Gasteiger partial charge in [-0.15, -0.1) is 11.3 Å². The van der Waals surface area contributed by atoms with Crippen molar-refractivity contribution in [3.8, 4) is 11.3 Å². The maximum Gasteiger partial charge on any atom is 0.250 e. The van der Waals surface area contributed by atoms with Crippen LogP contribution >= 0.6 is 34.5 Å². The van der Waals surface area contributed by atoms with Crippen LogP contribution in [0.5, 0.6) is 0 Å². The van der Waals surface area contributed by atoms with Gasteiger partial charge in [-0.25, -0.2) is 4.98 Å². The van der Waals surface area contributed by atoms with Gasteiger partial charge < -0.3 is 0 Å². The van der Waals surface area contributed by atoms with Crippen LogP contribution in [0.1, 0.15) is 5.56 Å². The van der Waals surface area contributed by atoms with E-state index in [1.165, 1.54) is 17.4 Å². The van der Waals surface area contributed by atoms with Gasteiger partial charge in [0, 0.05) is 32.6 Å². The third-order valence-corrected chi connectivity index (χ3v) is 5.62. The molecule has 0 radical (unpaired) electrons. The molecule has 0 saturated carbocycles. The van der Waals surface area contributed by atoms with Gasteiger partial charge in [-0.3, -0.25) is 10.1 Å². The lowest BCUT2D eigenvalue weighted by atomic mass is 10.0. The number of carbonyl (C=O) groups is 1. The fraction of sp³-hybridized carbons (Fsp3) is 0. The summed E-state index contributed by atoms with van der Waals surface area (Å²) in [5.41, 5.74) is 2.47. The zero-order valence-corrected chi connectivity index (χ0v) is 16.9. The Balaban J connectivity index is 1.53. The summed E-state index contributed by atoms with van der Waals surface area (Å²) >= 11 is 13.6. The molecule has 1 heterocycles. The molecular weight excluding hydrogens is 411 g/mol. The predicted octanol–water partition coefficient (Wildman–Crippen LogP) is 6.92. The molecule has 1 aromatic heterocycles. The van der Waals surface area contributed by atoms with Crippen molar-refractivity contribution in [3.63, 3.8) is 0 Å². The SMILES string of the molecule is O=C(/C=C/c1c(Cl)cccc1Cl)Nc1nc(-c2cccc3ccccc23)cs1. The number of thiazole rings is 1. The zero-order valence-electron chi connectivity index (χ0n) is 14.5. The van der Waals surface area contributed by atoms with E-state index in [1.54, 1.807) is 24.3 Å². The average Bonchev–Trinajstić information content (AvgIpc) is 3.15. The van der Waals surface area contributed by atoms with Crippen molar-refractivity contribution in [1.82, 2.24) is 4.98 Å². The first-order valence-electron chi connectivity index (χ1n) is 8.48. The van der Waals surface area contributed by atoms with Gasteiger partial charge in [-0.05, 0) is 29.0 Å². The van der Waals surface area contributed by atoms with Crippen molar-refractivity contribution in [2.24, 2.45) is 0 Å². The minimum atomic E-state index is -0.296. The maximum atomic E-state index is 12.2. The first kappa shape index (κ1) is 18.7. The van der Waals surface area contributed by atoms with Crippen LogP contribution in [0.2, 0.25) is 10.0 Å². The van der Waals surface area contributed by atoms with Crippen molar-refractivity contribution in [3.05, 3.63) is 87.7 Å². The Morgan fingerprint density at radius 2 is 1.68 bits per heavy atom. The fourth-order valence-electron chi connectivity index (χ4n) is 2.88. The minimum absolute atomic E-state index is 0.296. The predicted molar refractivity (Wildman–Crippen MR) is 119 cm³/mol. The third kappa shape index (κ3) is 3.94. The molecule has 3 nitrogen and oxygen atoms in total. The molecule has 0 aliphatic rings. The maximum absolute atomic E-state index is 12.2. The van der Waals surface area contributed by atoms with Gasteiger partial charge in [0.2, 0.25) is 5.91 Å². The fourth-order valence-corrected chi connectivity index (χ4v) is 4.12. The summed E-state index contributed by atoms with van der Waals surface area (Å²) in [6.07, 6.45) is 2.99. The molecule has 6 heteroatoms. The van der Waals surface area contributed by atoms with E-state index in [4.69, 9.17) is 23.2 Å². The van der Waals surface area contributed by atoms with Gasteiger partial charge in [-0.2, -0.15) is 0 Å². The third-order valence-electron chi connectivity index (χ3n) is 4.20. The largest absolute Gasteiger partial charge is 0.298 e. The molecular formula is C22H14Cl2N2OS. The average molecular weight is 425 g/mol. The molecule has 0 spiro atoms. The monoisotopic (exact) mass is 424 g/mol. The lowest BCUT2D eigenvalue weighted by Crippen LogP contribution is -2.07. The van der Waals surface area contributed by atoms with Gasteiger partial charge in [-0.1, -0.05) is 71.7 Å². The van der Waals surface area contributed by atoms with Crippen LogP contribution in [0.25, 0.3) is 28.1 Å². The molecule has 4 rings (SSSR count). The molecule has 0 aliphatic carbocycles. The van der Waals surface area contributed by atoms with Crippen molar-refractivity contribution in [1.29, 1.82) is 0 Å². The Morgan fingerprint density at radius 1 is 0.964 bits per heavy atom. The van der Waals surface area contributed by atoms with Crippen LogP contribution in [0, 0.1) is 0 Å². The van der Waals surface area contributed by atoms with Crippen LogP contribution < -0.4 is 5.32 Å². The lowest BCUT2D eigenvalue weighted by Gasteiger charge is -2.03. The van der Waals surface area contributed by atoms with Gasteiger partial charge in [0.1, 0.15) is 0 Å². The Kier molecular flexibility index (Phi) is 5.44. The summed E-state index contributed by atoms with van der Waals surface area (Å²) in [5.74, 6) is -0.296. The lowest BCUT2D eigenvalue weighted by molar-refractivity contribution is -0.111. The van der Waals surface area contributed by atoms with E-state index in [1.807, 2.05) is 29.6 Å². The van der Waals surface area contributed by atoms with Crippen molar-refractivity contribution >= 4 is 62.4 Å². The quantitative estimate of drug-likeness (QED) is 0.361. The van der Waals surface area contributed by atoms with E-state index >= 15 is 0 Å². The number of hydrogen-bond acceptors (Lipinski definition) is 3. The highest BCUT2D eigenvalue weighted by Gasteiger charge is 2.09. The number of nitrogens with one attached hydrogen (secondary N) is 1. The molecule has 0 saturated heterocycles. The Morgan fingerprint density at radius 3 is 2.50 bits per heavy atom. The van der Waals surface area contributed by atoms with E-state index in [2.05, 4.69) is 28.5 Å². The van der Waals surface area contributed by atoms with E-state index < -0.39 is 0 Å². The number of fused-ring (bicyclic) bond motifs is 1. The number of rotatable bonds is 4. The number of benzene rings is 3. The zero-order chi connectivity index (χ0) is 19.5.